The van der Waals surface area contributed by atoms with Crippen molar-refractivity contribution in [2.75, 3.05) is 39.6 Å². The van der Waals surface area contributed by atoms with Gasteiger partial charge >= 0.3 is 39.5 Å². The van der Waals surface area contributed by atoms with Crippen molar-refractivity contribution < 1.29 is 80.2 Å². The molecule has 0 aliphatic carbocycles. The maximum atomic E-state index is 13.1. The fraction of sp³-hybridized carbons (Fsp3) is 0.951. The number of carbonyl (C=O) groups is 4. The van der Waals surface area contributed by atoms with E-state index in [0.717, 1.165) is 108 Å². The Morgan fingerprint density at radius 3 is 0.760 bits per heavy atom. The SMILES string of the molecule is CCCCCCCCCCCCCC(=O)O[C@H](COC(=O)CCCCCCCCCC(C)C)COP(=O)(O)OC[C@H](O)COP(=O)(O)OC[C@@H](COC(=O)CCCCCCCCCCCCCCCCC(C)C)OC(=O)CCCCCCCCCCCCCCCCCCCCC(C)CC. The largest absolute Gasteiger partial charge is 0.472 e. The van der Waals surface area contributed by atoms with Crippen LogP contribution in [0.15, 0.2) is 0 Å². The Morgan fingerprint density at radius 1 is 0.290 bits per heavy atom. The maximum absolute atomic E-state index is 13.1. The van der Waals surface area contributed by atoms with Crippen molar-refractivity contribution in [2.45, 2.75) is 439 Å². The van der Waals surface area contributed by atoms with Crippen molar-refractivity contribution in [1.82, 2.24) is 0 Å². The number of aliphatic hydroxyl groups excluding tert-OH is 1. The first kappa shape index (κ1) is 98.1. The van der Waals surface area contributed by atoms with Crippen molar-refractivity contribution in [3.05, 3.63) is 0 Å². The first-order valence-electron chi connectivity index (χ1n) is 41.9. The standard InChI is InChI=1S/C81H158O17P2/c1-8-10-11-12-13-14-27-35-42-50-57-64-80(85)98-77(69-92-79(84)63-56-49-44-37-39-46-53-60-73(5)6)71-96-100(89,90)94-67-75(82)66-93-99(87,88)95-70-76(68-91-78(83)62-55-48-41-34-30-25-22-21-23-28-32-38-45-52-59-72(3)4)97-81(86)65-58-51-43-36-31-26-20-18-16-15-17-19-24-29-33-40-47-54-61-74(7)9-2/h72-77,82H,8-71H2,1-7H3,(H,87,88)(H,89,90)/t74?,75-,76-,77-/m1/s1. The normalized spacial score (nSPS) is 14.2. The summed E-state index contributed by atoms with van der Waals surface area (Å²) >= 11 is 0. The summed E-state index contributed by atoms with van der Waals surface area (Å²) in [5, 5.41) is 10.6. The van der Waals surface area contributed by atoms with Gasteiger partial charge in [-0.05, 0) is 43.4 Å². The van der Waals surface area contributed by atoms with Crippen LogP contribution in [0, 0.1) is 17.8 Å². The van der Waals surface area contributed by atoms with E-state index in [1.807, 2.05) is 0 Å². The summed E-state index contributed by atoms with van der Waals surface area (Å²) in [6.45, 7) is 12.0. The molecular formula is C81H158O17P2. The number of esters is 4. The van der Waals surface area contributed by atoms with E-state index in [1.165, 1.54) is 225 Å². The molecule has 0 saturated heterocycles. The van der Waals surface area contributed by atoms with E-state index in [4.69, 9.17) is 37.0 Å². The van der Waals surface area contributed by atoms with E-state index in [0.29, 0.717) is 31.6 Å². The third kappa shape index (κ3) is 73.0. The number of carbonyl (C=O) groups excluding carboxylic acids is 4. The molecule has 0 rings (SSSR count). The van der Waals surface area contributed by atoms with Gasteiger partial charge in [-0.3, -0.25) is 37.3 Å². The first-order chi connectivity index (χ1) is 48.3. The van der Waals surface area contributed by atoms with Gasteiger partial charge in [-0.25, -0.2) is 9.13 Å². The second-order valence-corrected chi connectivity index (χ2v) is 33.3. The summed E-state index contributed by atoms with van der Waals surface area (Å²) < 4.78 is 68.6. The molecule has 3 N–H and O–H groups in total. The molecule has 0 saturated carbocycles. The Hall–Kier alpha value is -1.94. The van der Waals surface area contributed by atoms with E-state index in [1.54, 1.807) is 0 Å². The summed E-state index contributed by atoms with van der Waals surface area (Å²) in [5.74, 6) is 0.263. The molecule has 0 aromatic rings. The number of hydrogen-bond donors (Lipinski definition) is 3. The van der Waals surface area contributed by atoms with Gasteiger partial charge in [0, 0.05) is 25.7 Å². The summed E-state index contributed by atoms with van der Waals surface area (Å²) in [5.41, 5.74) is 0. The van der Waals surface area contributed by atoms with E-state index in [2.05, 4.69) is 48.5 Å². The van der Waals surface area contributed by atoms with Gasteiger partial charge in [0.25, 0.3) is 0 Å². The molecule has 17 nitrogen and oxygen atoms in total. The average molecular weight is 1470 g/mol. The quantitative estimate of drug-likeness (QED) is 0.0222. The Balaban J connectivity index is 5.20. The topological polar surface area (TPSA) is 237 Å². The zero-order valence-electron chi connectivity index (χ0n) is 65.7. The first-order valence-corrected chi connectivity index (χ1v) is 44.9. The van der Waals surface area contributed by atoms with Crippen LogP contribution in [0.3, 0.4) is 0 Å². The number of phosphoric acid groups is 2. The predicted octanol–water partition coefficient (Wildman–Crippen LogP) is 24.1. The second kappa shape index (κ2) is 71.3. The van der Waals surface area contributed by atoms with Crippen LogP contribution in [0.4, 0.5) is 0 Å². The van der Waals surface area contributed by atoms with Crippen molar-refractivity contribution in [3.8, 4) is 0 Å². The molecule has 0 heterocycles. The van der Waals surface area contributed by atoms with E-state index < -0.39 is 97.5 Å². The van der Waals surface area contributed by atoms with Gasteiger partial charge < -0.3 is 33.8 Å². The molecule has 0 bridgehead atoms. The molecule has 3 unspecified atom stereocenters. The molecule has 594 valence electrons. The number of unbranched alkanes of at least 4 members (excludes halogenated alkanes) is 46. The van der Waals surface area contributed by atoms with Crippen LogP contribution in [-0.2, 0) is 65.4 Å². The Morgan fingerprint density at radius 2 is 0.510 bits per heavy atom. The van der Waals surface area contributed by atoms with Crippen LogP contribution in [0.2, 0.25) is 0 Å². The van der Waals surface area contributed by atoms with Gasteiger partial charge in [0.15, 0.2) is 12.2 Å². The molecule has 0 aromatic carbocycles. The highest BCUT2D eigenvalue weighted by Gasteiger charge is 2.30. The van der Waals surface area contributed by atoms with Crippen LogP contribution in [0.1, 0.15) is 421 Å². The average Bonchev–Trinajstić information content (AvgIpc) is 0.981. The van der Waals surface area contributed by atoms with Crippen LogP contribution in [0.25, 0.3) is 0 Å². The number of ether oxygens (including phenoxy) is 4. The van der Waals surface area contributed by atoms with Gasteiger partial charge in [0.1, 0.15) is 19.3 Å². The van der Waals surface area contributed by atoms with E-state index in [9.17, 15) is 43.2 Å². The van der Waals surface area contributed by atoms with Crippen LogP contribution < -0.4 is 0 Å². The minimum absolute atomic E-state index is 0.106. The summed E-state index contributed by atoms with van der Waals surface area (Å²) in [6, 6.07) is 0. The third-order valence-electron chi connectivity index (χ3n) is 19.2. The molecule has 6 atom stereocenters. The Labute approximate surface area is 613 Å². The zero-order chi connectivity index (χ0) is 73.7. The lowest BCUT2D eigenvalue weighted by Crippen LogP contribution is -2.30. The molecule has 0 radical (unpaired) electrons. The molecule has 19 heteroatoms. The number of aliphatic hydroxyl groups is 1. The molecule has 100 heavy (non-hydrogen) atoms. The maximum Gasteiger partial charge on any atom is 0.472 e. The van der Waals surface area contributed by atoms with Crippen molar-refractivity contribution in [3.63, 3.8) is 0 Å². The molecule has 0 fully saturated rings. The second-order valence-electron chi connectivity index (χ2n) is 30.4. The number of phosphoric ester groups is 2. The van der Waals surface area contributed by atoms with Gasteiger partial charge in [0.05, 0.1) is 26.4 Å². The fourth-order valence-corrected chi connectivity index (χ4v) is 14.0. The molecule has 0 aliphatic rings. The van der Waals surface area contributed by atoms with Gasteiger partial charge in [0.2, 0.25) is 0 Å². The smallest absolute Gasteiger partial charge is 0.462 e. The molecule has 0 aliphatic heterocycles. The van der Waals surface area contributed by atoms with Crippen molar-refractivity contribution in [2.24, 2.45) is 17.8 Å². The van der Waals surface area contributed by atoms with E-state index in [-0.39, 0.29) is 25.7 Å². The summed E-state index contributed by atoms with van der Waals surface area (Å²) in [4.78, 5) is 72.9. The van der Waals surface area contributed by atoms with E-state index >= 15 is 0 Å². The highest BCUT2D eigenvalue weighted by atomic mass is 31.2. The predicted molar refractivity (Wildman–Crippen MR) is 409 cm³/mol. The van der Waals surface area contributed by atoms with Gasteiger partial charge in [-0.2, -0.15) is 0 Å². The lowest BCUT2D eigenvalue weighted by molar-refractivity contribution is -0.161. The highest BCUT2D eigenvalue weighted by molar-refractivity contribution is 7.47. The highest BCUT2D eigenvalue weighted by Crippen LogP contribution is 2.45. The summed E-state index contributed by atoms with van der Waals surface area (Å²) in [7, 11) is -9.92. The molecular weight excluding hydrogens is 1310 g/mol. The monoisotopic (exact) mass is 1470 g/mol. The van der Waals surface area contributed by atoms with Crippen LogP contribution in [-0.4, -0.2) is 96.7 Å². The number of rotatable bonds is 79. The van der Waals surface area contributed by atoms with Gasteiger partial charge in [-0.1, -0.05) is 370 Å². The lowest BCUT2D eigenvalue weighted by atomic mass is 9.99. The molecule has 0 spiro atoms. The van der Waals surface area contributed by atoms with Crippen LogP contribution in [0.5, 0.6) is 0 Å². The number of hydrogen-bond acceptors (Lipinski definition) is 15. The van der Waals surface area contributed by atoms with Crippen LogP contribution >= 0.6 is 15.6 Å². The Bertz CT molecular complexity index is 1940. The minimum Gasteiger partial charge on any atom is -0.462 e. The van der Waals surface area contributed by atoms with Crippen molar-refractivity contribution in [1.29, 1.82) is 0 Å². The van der Waals surface area contributed by atoms with Crippen molar-refractivity contribution >= 4 is 39.5 Å². The Kier molecular flexibility index (Phi) is 69.9. The summed E-state index contributed by atoms with van der Waals surface area (Å²) in [6.07, 6.45) is 59.8. The molecule has 0 aromatic heterocycles. The molecule has 0 amide bonds. The minimum atomic E-state index is -4.96. The third-order valence-corrected chi connectivity index (χ3v) is 21.1. The lowest BCUT2D eigenvalue weighted by Gasteiger charge is -2.21. The zero-order valence-corrected chi connectivity index (χ0v) is 67.5. The van der Waals surface area contributed by atoms with Gasteiger partial charge in [-0.15, -0.1) is 0 Å². The fourth-order valence-electron chi connectivity index (χ4n) is 12.5.